The Labute approximate surface area is 110 Å². The summed E-state index contributed by atoms with van der Waals surface area (Å²) in [6, 6.07) is 12.7. The van der Waals surface area contributed by atoms with Crippen molar-refractivity contribution in [1.29, 1.82) is 0 Å². The summed E-state index contributed by atoms with van der Waals surface area (Å²) in [5.74, 6) is 0. The summed E-state index contributed by atoms with van der Waals surface area (Å²) in [5, 5.41) is 2.43. The molecule has 3 heterocycles. The molecule has 0 aliphatic rings. The van der Waals surface area contributed by atoms with Crippen molar-refractivity contribution in [3.8, 4) is 11.3 Å². The standard InChI is InChI=1S/C16H13N3/c1-19-9-6-12-10-13(2-3-14(12)19)16-15-11(4-7-17-15)5-8-18-16/h2-10,17H,1H3. The molecule has 1 N–H and O–H groups in total. The molecule has 19 heavy (non-hydrogen) atoms. The van der Waals surface area contributed by atoms with Crippen LogP contribution in [0.2, 0.25) is 0 Å². The lowest BCUT2D eigenvalue weighted by Crippen LogP contribution is -1.87. The van der Waals surface area contributed by atoms with Crippen LogP contribution in [-0.4, -0.2) is 14.5 Å². The Balaban J connectivity index is 2.01. The molecule has 1 aromatic carbocycles. The van der Waals surface area contributed by atoms with Crippen molar-refractivity contribution >= 4 is 21.8 Å². The average Bonchev–Trinajstić information content (AvgIpc) is 3.05. The van der Waals surface area contributed by atoms with Gasteiger partial charge in [0.25, 0.3) is 0 Å². The predicted molar refractivity (Wildman–Crippen MR) is 78.0 cm³/mol. The van der Waals surface area contributed by atoms with E-state index in [1.54, 1.807) is 0 Å². The summed E-state index contributed by atoms with van der Waals surface area (Å²) in [6.45, 7) is 0. The molecule has 0 fully saturated rings. The van der Waals surface area contributed by atoms with Gasteiger partial charge in [-0.3, -0.25) is 4.98 Å². The first kappa shape index (κ1) is 10.4. The zero-order valence-corrected chi connectivity index (χ0v) is 10.6. The molecule has 3 aromatic heterocycles. The zero-order valence-electron chi connectivity index (χ0n) is 10.6. The van der Waals surface area contributed by atoms with E-state index in [-0.39, 0.29) is 0 Å². The van der Waals surface area contributed by atoms with Crippen LogP contribution in [0.25, 0.3) is 33.1 Å². The third-order valence-electron chi connectivity index (χ3n) is 3.63. The molecule has 92 valence electrons. The van der Waals surface area contributed by atoms with E-state index >= 15 is 0 Å². The molecule has 0 saturated carbocycles. The van der Waals surface area contributed by atoms with E-state index in [4.69, 9.17) is 0 Å². The minimum absolute atomic E-state index is 1.01. The van der Waals surface area contributed by atoms with Crippen LogP contribution in [0.15, 0.2) is 55.0 Å². The Hall–Kier alpha value is -2.55. The molecule has 0 aliphatic carbocycles. The zero-order chi connectivity index (χ0) is 12.8. The number of nitrogens with zero attached hydrogens (tertiary/aromatic N) is 2. The van der Waals surface area contributed by atoms with Gasteiger partial charge in [0.1, 0.15) is 0 Å². The number of aromatic nitrogens is 3. The van der Waals surface area contributed by atoms with Gasteiger partial charge in [-0.1, -0.05) is 6.07 Å². The van der Waals surface area contributed by atoms with Gasteiger partial charge in [-0.2, -0.15) is 0 Å². The van der Waals surface area contributed by atoms with Crippen molar-refractivity contribution < 1.29 is 0 Å². The molecule has 0 unspecified atom stereocenters. The van der Waals surface area contributed by atoms with Gasteiger partial charge in [0.05, 0.1) is 11.2 Å². The minimum Gasteiger partial charge on any atom is -0.359 e. The molecule has 0 bridgehead atoms. The van der Waals surface area contributed by atoms with Crippen molar-refractivity contribution in [1.82, 2.24) is 14.5 Å². The van der Waals surface area contributed by atoms with Gasteiger partial charge in [-0.25, -0.2) is 0 Å². The maximum absolute atomic E-state index is 4.52. The first-order chi connectivity index (χ1) is 9.33. The highest BCUT2D eigenvalue weighted by molar-refractivity contribution is 5.94. The summed E-state index contributed by atoms with van der Waals surface area (Å²) < 4.78 is 2.13. The lowest BCUT2D eigenvalue weighted by atomic mass is 10.1. The number of aromatic amines is 1. The Morgan fingerprint density at radius 2 is 2.00 bits per heavy atom. The second kappa shape index (κ2) is 3.72. The van der Waals surface area contributed by atoms with Crippen molar-refractivity contribution in [2.24, 2.45) is 7.05 Å². The molecule has 3 nitrogen and oxygen atoms in total. The van der Waals surface area contributed by atoms with E-state index in [1.807, 2.05) is 18.5 Å². The summed E-state index contributed by atoms with van der Waals surface area (Å²) in [7, 11) is 2.06. The fourth-order valence-corrected chi connectivity index (χ4v) is 2.63. The molecule has 4 rings (SSSR count). The van der Waals surface area contributed by atoms with Crippen molar-refractivity contribution in [2.75, 3.05) is 0 Å². The molecule has 0 saturated heterocycles. The maximum Gasteiger partial charge on any atom is 0.0942 e. The molecule has 4 aromatic rings. The quantitative estimate of drug-likeness (QED) is 0.546. The normalized spacial score (nSPS) is 11.4. The molecular formula is C16H13N3. The summed E-state index contributed by atoms with van der Waals surface area (Å²) in [5.41, 5.74) is 4.49. The average molecular weight is 247 g/mol. The van der Waals surface area contributed by atoms with Gasteiger partial charge in [0.2, 0.25) is 0 Å². The number of aryl methyl sites for hydroxylation is 1. The van der Waals surface area contributed by atoms with Gasteiger partial charge >= 0.3 is 0 Å². The summed E-state index contributed by atoms with van der Waals surface area (Å²) in [6.07, 6.45) is 5.90. The molecule has 3 heteroatoms. The molecule has 0 atom stereocenters. The molecule has 0 aliphatic heterocycles. The second-order valence-electron chi connectivity index (χ2n) is 4.80. The highest BCUT2D eigenvalue weighted by Gasteiger charge is 2.07. The molecule has 0 amide bonds. The highest BCUT2D eigenvalue weighted by atomic mass is 14.9. The topological polar surface area (TPSA) is 33.6 Å². The fraction of sp³-hybridized carbons (Fsp3) is 0.0625. The Morgan fingerprint density at radius 1 is 1.05 bits per heavy atom. The maximum atomic E-state index is 4.52. The third-order valence-corrected chi connectivity index (χ3v) is 3.63. The monoisotopic (exact) mass is 247 g/mol. The largest absolute Gasteiger partial charge is 0.359 e. The number of pyridine rings is 1. The van der Waals surface area contributed by atoms with Gasteiger partial charge in [0.15, 0.2) is 0 Å². The van der Waals surface area contributed by atoms with Crippen LogP contribution in [0.3, 0.4) is 0 Å². The van der Waals surface area contributed by atoms with Gasteiger partial charge in [-0.05, 0) is 30.3 Å². The number of benzene rings is 1. The van der Waals surface area contributed by atoms with Gasteiger partial charge in [-0.15, -0.1) is 0 Å². The number of hydrogen-bond donors (Lipinski definition) is 1. The van der Waals surface area contributed by atoms with Crippen LogP contribution in [0.1, 0.15) is 0 Å². The van der Waals surface area contributed by atoms with Crippen LogP contribution in [0, 0.1) is 0 Å². The number of fused-ring (bicyclic) bond motifs is 2. The van der Waals surface area contributed by atoms with E-state index in [1.165, 1.54) is 16.3 Å². The highest BCUT2D eigenvalue weighted by Crippen LogP contribution is 2.28. The number of H-pyrrole nitrogens is 1. The van der Waals surface area contributed by atoms with Crippen molar-refractivity contribution in [2.45, 2.75) is 0 Å². The van der Waals surface area contributed by atoms with E-state index < -0.39 is 0 Å². The van der Waals surface area contributed by atoms with Crippen LogP contribution < -0.4 is 0 Å². The number of rotatable bonds is 1. The number of hydrogen-bond acceptors (Lipinski definition) is 1. The Kier molecular flexibility index (Phi) is 2.03. The van der Waals surface area contributed by atoms with E-state index in [0.29, 0.717) is 0 Å². The summed E-state index contributed by atoms with van der Waals surface area (Å²) >= 11 is 0. The first-order valence-corrected chi connectivity index (χ1v) is 6.30. The van der Waals surface area contributed by atoms with E-state index in [2.05, 4.69) is 58.1 Å². The second-order valence-corrected chi connectivity index (χ2v) is 4.80. The van der Waals surface area contributed by atoms with Crippen LogP contribution >= 0.6 is 0 Å². The fourth-order valence-electron chi connectivity index (χ4n) is 2.63. The van der Waals surface area contributed by atoms with Crippen molar-refractivity contribution in [3.05, 3.63) is 55.0 Å². The molecule has 0 radical (unpaired) electrons. The third kappa shape index (κ3) is 1.48. The Morgan fingerprint density at radius 3 is 2.95 bits per heavy atom. The molecule has 0 spiro atoms. The predicted octanol–water partition coefficient (Wildman–Crippen LogP) is 3.72. The molecular weight excluding hydrogens is 234 g/mol. The first-order valence-electron chi connectivity index (χ1n) is 6.30. The van der Waals surface area contributed by atoms with E-state index in [0.717, 1.165) is 16.8 Å². The SMILES string of the molecule is Cn1ccc2cc(-c3nccc4cc[nH]c34)ccc21. The van der Waals surface area contributed by atoms with Crippen LogP contribution in [-0.2, 0) is 7.05 Å². The minimum atomic E-state index is 1.01. The van der Waals surface area contributed by atoms with Crippen molar-refractivity contribution in [3.63, 3.8) is 0 Å². The van der Waals surface area contributed by atoms with Gasteiger partial charge < -0.3 is 9.55 Å². The van der Waals surface area contributed by atoms with E-state index in [9.17, 15) is 0 Å². The summed E-state index contributed by atoms with van der Waals surface area (Å²) in [4.78, 5) is 7.80. The lowest BCUT2D eigenvalue weighted by Gasteiger charge is -2.04. The Bertz CT molecular complexity index is 883. The van der Waals surface area contributed by atoms with Crippen LogP contribution in [0.4, 0.5) is 0 Å². The lowest BCUT2D eigenvalue weighted by molar-refractivity contribution is 0.969. The number of nitrogens with one attached hydrogen (secondary N) is 1. The van der Waals surface area contributed by atoms with Crippen LogP contribution in [0.5, 0.6) is 0 Å². The smallest absolute Gasteiger partial charge is 0.0942 e. The van der Waals surface area contributed by atoms with Gasteiger partial charge in [0, 0.05) is 47.5 Å².